The number of likely N-dealkylation sites (tertiary alicyclic amines) is 1. The molecule has 0 aromatic rings. The van der Waals surface area contributed by atoms with Crippen LogP contribution in [-0.2, 0) is 0 Å². The van der Waals surface area contributed by atoms with E-state index in [1.807, 2.05) is 0 Å². The van der Waals surface area contributed by atoms with E-state index in [9.17, 15) is 0 Å². The quantitative estimate of drug-likeness (QED) is 0.594. The smallest absolute Gasteiger partial charge is 0.0443 e. The van der Waals surface area contributed by atoms with Gasteiger partial charge in [-0.2, -0.15) is 0 Å². The largest absolute Gasteiger partial charge is 0.396 e. The van der Waals surface area contributed by atoms with Crippen LogP contribution in [0.15, 0.2) is 0 Å². The molecule has 0 aromatic carbocycles. The standard InChI is InChI=1S/C11H24N2O/c1-3-10(2)13-8-11(9-13)7-12-5-4-6-14/h10-12,14H,3-9H2,1-2H3. The van der Waals surface area contributed by atoms with E-state index in [-0.39, 0.29) is 0 Å². The minimum Gasteiger partial charge on any atom is -0.396 e. The van der Waals surface area contributed by atoms with E-state index >= 15 is 0 Å². The van der Waals surface area contributed by atoms with Crippen molar-refractivity contribution in [3.63, 3.8) is 0 Å². The summed E-state index contributed by atoms with van der Waals surface area (Å²) >= 11 is 0. The van der Waals surface area contributed by atoms with Crippen LogP contribution in [0.25, 0.3) is 0 Å². The minimum atomic E-state index is 0.302. The van der Waals surface area contributed by atoms with Crippen molar-refractivity contribution in [1.29, 1.82) is 0 Å². The first-order valence-corrected chi connectivity index (χ1v) is 5.83. The molecule has 84 valence electrons. The van der Waals surface area contributed by atoms with Crippen LogP contribution >= 0.6 is 0 Å². The lowest BCUT2D eigenvalue weighted by Crippen LogP contribution is -2.54. The van der Waals surface area contributed by atoms with Crippen LogP contribution in [-0.4, -0.2) is 48.8 Å². The fraction of sp³-hybridized carbons (Fsp3) is 1.00. The van der Waals surface area contributed by atoms with Gasteiger partial charge in [-0.3, -0.25) is 4.90 Å². The highest BCUT2D eigenvalue weighted by molar-refractivity contribution is 4.84. The third-order valence-corrected chi connectivity index (χ3v) is 3.14. The molecule has 1 saturated heterocycles. The first kappa shape index (κ1) is 12.0. The molecule has 1 rings (SSSR count). The van der Waals surface area contributed by atoms with Crippen LogP contribution in [0.3, 0.4) is 0 Å². The van der Waals surface area contributed by atoms with Gasteiger partial charge in [0, 0.05) is 32.3 Å². The van der Waals surface area contributed by atoms with E-state index in [1.54, 1.807) is 0 Å². The zero-order valence-electron chi connectivity index (χ0n) is 9.50. The van der Waals surface area contributed by atoms with Crippen LogP contribution in [0.4, 0.5) is 0 Å². The maximum Gasteiger partial charge on any atom is 0.0443 e. The molecule has 0 spiro atoms. The van der Waals surface area contributed by atoms with E-state index in [4.69, 9.17) is 5.11 Å². The van der Waals surface area contributed by atoms with Gasteiger partial charge >= 0.3 is 0 Å². The van der Waals surface area contributed by atoms with Gasteiger partial charge in [-0.15, -0.1) is 0 Å². The van der Waals surface area contributed by atoms with Crippen molar-refractivity contribution in [3.8, 4) is 0 Å². The fourth-order valence-electron chi connectivity index (χ4n) is 1.87. The lowest BCUT2D eigenvalue weighted by molar-refractivity contribution is 0.0583. The molecule has 0 amide bonds. The number of rotatable bonds is 7. The fourth-order valence-corrected chi connectivity index (χ4v) is 1.87. The van der Waals surface area contributed by atoms with Crippen LogP contribution in [0.2, 0.25) is 0 Å². The van der Waals surface area contributed by atoms with Gasteiger partial charge in [0.2, 0.25) is 0 Å². The van der Waals surface area contributed by atoms with Crippen LogP contribution in [0.5, 0.6) is 0 Å². The number of hydrogen-bond acceptors (Lipinski definition) is 3. The first-order valence-electron chi connectivity index (χ1n) is 5.83. The normalized spacial score (nSPS) is 20.8. The lowest BCUT2D eigenvalue weighted by Gasteiger charge is -2.43. The molecule has 14 heavy (non-hydrogen) atoms. The number of aliphatic hydroxyl groups is 1. The molecule has 1 unspecified atom stereocenters. The molecule has 1 aliphatic heterocycles. The third-order valence-electron chi connectivity index (χ3n) is 3.14. The van der Waals surface area contributed by atoms with Gasteiger partial charge in [0.05, 0.1) is 0 Å². The van der Waals surface area contributed by atoms with E-state index in [2.05, 4.69) is 24.1 Å². The molecule has 0 saturated carbocycles. The summed E-state index contributed by atoms with van der Waals surface area (Å²) in [5, 5.41) is 12.0. The van der Waals surface area contributed by atoms with E-state index in [0.717, 1.165) is 31.5 Å². The summed E-state index contributed by atoms with van der Waals surface area (Å²) in [7, 11) is 0. The Morgan fingerprint density at radius 2 is 2.21 bits per heavy atom. The predicted molar refractivity (Wildman–Crippen MR) is 59.4 cm³/mol. The number of nitrogens with zero attached hydrogens (tertiary/aromatic N) is 1. The van der Waals surface area contributed by atoms with Crippen molar-refractivity contribution in [2.24, 2.45) is 5.92 Å². The minimum absolute atomic E-state index is 0.302. The Bertz CT molecular complexity index is 146. The van der Waals surface area contributed by atoms with Gasteiger partial charge in [0.15, 0.2) is 0 Å². The molecule has 3 nitrogen and oxygen atoms in total. The highest BCUT2D eigenvalue weighted by Gasteiger charge is 2.28. The van der Waals surface area contributed by atoms with Crippen molar-refractivity contribution in [2.45, 2.75) is 32.7 Å². The lowest BCUT2D eigenvalue weighted by atomic mass is 9.97. The third kappa shape index (κ3) is 3.56. The maximum absolute atomic E-state index is 8.60. The molecule has 1 aliphatic rings. The van der Waals surface area contributed by atoms with Crippen LogP contribution in [0.1, 0.15) is 26.7 Å². The molecular weight excluding hydrogens is 176 g/mol. The topological polar surface area (TPSA) is 35.5 Å². The van der Waals surface area contributed by atoms with Gasteiger partial charge < -0.3 is 10.4 Å². The average Bonchev–Trinajstić information content (AvgIpc) is 2.14. The summed E-state index contributed by atoms with van der Waals surface area (Å²) in [4.78, 5) is 2.54. The number of nitrogens with one attached hydrogen (secondary N) is 1. The Labute approximate surface area is 87.5 Å². The molecule has 0 bridgehead atoms. The molecule has 1 atom stereocenters. The summed E-state index contributed by atoms with van der Waals surface area (Å²) in [6, 6.07) is 0.753. The van der Waals surface area contributed by atoms with Gasteiger partial charge in [0.1, 0.15) is 0 Å². The number of aliphatic hydroxyl groups excluding tert-OH is 1. The monoisotopic (exact) mass is 200 g/mol. The van der Waals surface area contributed by atoms with Gasteiger partial charge in [-0.25, -0.2) is 0 Å². The second-order valence-electron chi connectivity index (χ2n) is 4.36. The Balaban J connectivity index is 1.94. The van der Waals surface area contributed by atoms with Gasteiger partial charge in [-0.1, -0.05) is 6.92 Å². The molecule has 2 N–H and O–H groups in total. The molecule has 1 fully saturated rings. The van der Waals surface area contributed by atoms with Crippen LogP contribution < -0.4 is 5.32 Å². The summed E-state index contributed by atoms with van der Waals surface area (Å²) in [6.07, 6.45) is 2.13. The second-order valence-corrected chi connectivity index (χ2v) is 4.36. The van der Waals surface area contributed by atoms with Crippen molar-refractivity contribution in [1.82, 2.24) is 10.2 Å². The number of hydrogen-bond donors (Lipinski definition) is 2. The van der Waals surface area contributed by atoms with E-state index in [0.29, 0.717) is 6.61 Å². The Hall–Kier alpha value is -0.120. The molecule has 0 radical (unpaired) electrons. The van der Waals surface area contributed by atoms with E-state index in [1.165, 1.54) is 19.5 Å². The second kappa shape index (κ2) is 6.38. The van der Waals surface area contributed by atoms with Crippen LogP contribution in [0, 0.1) is 5.92 Å². The molecular formula is C11H24N2O. The molecule has 3 heteroatoms. The summed E-state index contributed by atoms with van der Waals surface area (Å²) in [5.41, 5.74) is 0. The average molecular weight is 200 g/mol. The highest BCUT2D eigenvalue weighted by atomic mass is 16.3. The Kier molecular flexibility index (Phi) is 5.45. The zero-order chi connectivity index (χ0) is 10.4. The Morgan fingerprint density at radius 1 is 1.50 bits per heavy atom. The van der Waals surface area contributed by atoms with E-state index < -0.39 is 0 Å². The van der Waals surface area contributed by atoms with Gasteiger partial charge in [0.25, 0.3) is 0 Å². The molecule has 0 aromatic heterocycles. The predicted octanol–water partition coefficient (Wildman–Crippen LogP) is 0.689. The van der Waals surface area contributed by atoms with Crippen molar-refractivity contribution < 1.29 is 5.11 Å². The van der Waals surface area contributed by atoms with Gasteiger partial charge in [-0.05, 0) is 32.2 Å². The Morgan fingerprint density at radius 3 is 2.79 bits per heavy atom. The van der Waals surface area contributed by atoms with Crippen molar-refractivity contribution >= 4 is 0 Å². The maximum atomic E-state index is 8.60. The SMILES string of the molecule is CCC(C)N1CC(CNCCCO)C1. The van der Waals surface area contributed by atoms with Crippen molar-refractivity contribution in [3.05, 3.63) is 0 Å². The summed E-state index contributed by atoms with van der Waals surface area (Å²) in [5.74, 6) is 0.836. The first-order chi connectivity index (χ1) is 6.77. The highest BCUT2D eigenvalue weighted by Crippen LogP contribution is 2.18. The molecule has 0 aliphatic carbocycles. The summed E-state index contributed by atoms with van der Waals surface area (Å²) < 4.78 is 0. The molecule has 1 heterocycles. The van der Waals surface area contributed by atoms with Crippen molar-refractivity contribution in [2.75, 3.05) is 32.8 Å². The summed E-state index contributed by atoms with van der Waals surface area (Å²) in [6.45, 7) is 9.43. The zero-order valence-corrected chi connectivity index (χ0v) is 9.50.